The summed E-state index contributed by atoms with van der Waals surface area (Å²) in [6.45, 7) is 16.1. The molecule has 0 saturated heterocycles. The highest BCUT2D eigenvalue weighted by Crippen LogP contribution is 2.37. The van der Waals surface area contributed by atoms with Crippen LogP contribution in [0.3, 0.4) is 0 Å². The molecule has 2 unspecified atom stereocenters. The third kappa shape index (κ3) is 10.1. The van der Waals surface area contributed by atoms with E-state index >= 15 is 0 Å². The van der Waals surface area contributed by atoms with E-state index in [0.717, 1.165) is 17.9 Å². The number of hydrogen-bond acceptors (Lipinski definition) is 14. The predicted molar refractivity (Wildman–Crippen MR) is 241 cm³/mol. The van der Waals surface area contributed by atoms with Gasteiger partial charge in [-0.25, -0.2) is 29.9 Å². The van der Waals surface area contributed by atoms with Gasteiger partial charge in [-0.2, -0.15) is 0 Å². The molecule has 0 saturated carbocycles. The summed E-state index contributed by atoms with van der Waals surface area (Å²) in [5.74, 6) is 2.55. The average Bonchev–Trinajstić information content (AvgIpc) is 3.27. The topological polar surface area (TPSA) is 176 Å². The molecule has 2 aromatic carbocycles. The van der Waals surface area contributed by atoms with E-state index in [0.29, 0.717) is 78.8 Å². The lowest BCUT2D eigenvalue weighted by Gasteiger charge is -2.43. The number of β-amino-alcohol motifs (C(OH)–C–C–N with tert-alkyl or cyclic N) is 1. The van der Waals surface area contributed by atoms with Gasteiger partial charge in [0.1, 0.15) is 35.9 Å². The van der Waals surface area contributed by atoms with Crippen molar-refractivity contribution < 1.29 is 19.3 Å². The second-order valence-electron chi connectivity index (χ2n) is 17.6. The molecule has 16 heteroatoms. The van der Waals surface area contributed by atoms with Gasteiger partial charge in [-0.3, -0.25) is 18.7 Å². The number of nitrogens with zero attached hydrogens (tertiary/aromatic N) is 10. The number of para-hydroxylation sites is 2. The molecular formula is C47H56N10O6. The second kappa shape index (κ2) is 18.4. The Morgan fingerprint density at radius 1 is 0.698 bits per heavy atom. The molecule has 16 nitrogen and oxygen atoms in total. The van der Waals surface area contributed by atoms with Gasteiger partial charge in [0.05, 0.1) is 50.1 Å². The Morgan fingerprint density at radius 3 is 1.73 bits per heavy atom. The van der Waals surface area contributed by atoms with E-state index in [2.05, 4.69) is 52.5 Å². The molecule has 8 rings (SSSR count). The highest BCUT2D eigenvalue weighted by atomic mass is 16.5. The molecule has 2 atom stereocenters. The summed E-state index contributed by atoms with van der Waals surface area (Å²) >= 11 is 0. The fourth-order valence-corrected chi connectivity index (χ4v) is 8.44. The van der Waals surface area contributed by atoms with E-state index in [4.69, 9.17) is 24.2 Å². The van der Waals surface area contributed by atoms with Crippen molar-refractivity contribution in [3.63, 3.8) is 0 Å². The van der Waals surface area contributed by atoms with Gasteiger partial charge in [-0.15, -0.1) is 0 Å². The number of fused-ring (bicyclic) bond motifs is 2. The van der Waals surface area contributed by atoms with E-state index in [1.54, 1.807) is 60.9 Å². The summed E-state index contributed by atoms with van der Waals surface area (Å²) in [6.07, 6.45) is 5.92. The zero-order valence-electron chi connectivity index (χ0n) is 37.2. The Labute approximate surface area is 367 Å². The molecule has 6 aromatic rings. The first kappa shape index (κ1) is 44.5. The Hall–Kier alpha value is -6.52. The smallest absolute Gasteiger partial charge is 0.255 e. The van der Waals surface area contributed by atoms with Crippen molar-refractivity contribution in [2.45, 2.75) is 66.3 Å². The van der Waals surface area contributed by atoms with E-state index in [1.165, 1.54) is 18.7 Å². The molecule has 0 amide bonds. The minimum atomic E-state index is -1.23. The molecule has 0 bridgehead atoms. The van der Waals surface area contributed by atoms with Gasteiger partial charge in [0.2, 0.25) is 11.9 Å². The third-order valence-electron chi connectivity index (χ3n) is 11.1. The minimum absolute atomic E-state index is 0.0911. The molecule has 0 spiro atoms. The van der Waals surface area contributed by atoms with Crippen LogP contribution in [0.1, 0.15) is 58.8 Å². The normalized spacial score (nSPS) is 16.4. The Bertz CT molecular complexity index is 2630. The van der Waals surface area contributed by atoms with E-state index < -0.39 is 5.60 Å². The largest absolute Gasteiger partial charge is 0.496 e. The van der Waals surface area contributed by atoms with Gasteiger partial charge in [0.15, 0.2) is 0 Å². The fraction of sp³-hybridized carbons (Fsp3) is 0.404. The highest BCUT2D eigenvalue weighted by molar-refractivity contribution is 5.57. The van der Waals surface area contributed by atoms with Crippen molar-refractivity contribution in [1.82, 2.24) is 39.0 Å². The zero-order chi connectivity index (χ0) is 44.9. The predicted octanol–water partition coefficient (Wildman–Crippen LogP) is 5.80. The minimum Gasteiger partial charge on any atom is -0.496 e. The third-order valence-corrected chi connectivity index (χ3v) is 11.1. The molecular weight excluding hydrogens is 801 g/mol. The SMILES string of the molecule is CCOC(CN1CC(C)(C)Cn2c1nc(-c1ccncn1)cc2=O)c1ccccc1OC.COc1ccccc1C(C)(O)CN1CC(C)(C)Cn2c1nc(-c1ccncn1)cc2=O. The quantitative estimate of drug-likeness (QED) is 0.156. The van der Waals surface area contributed by atoms with Gasteiger partial charge in [-0.1, -0.05) is 64.1 Å². The van der Waals surface area contributed by atoms with Crippen molar-refractivity contribution in [2.24, 2.45) is 10.8 Å². The van der Waals surface area contributed by atoms with Crippen molar-refractivity contribution >= 4 is 11.9 Å². The van der Waals surface area contributed by atoms with Crippen LogP contribution >= 0.6 is 0 Å². The molecule has 2 aliphatic heterocycles. The van der Waals surface area contributed by atoms with Crippen LogP contribution in [-0.2, 0) is 23.4 Å². The van der Waals surface area contributed by atoms with Crippen LogP contribution in [0.2, 0.25) is 0 Å². The maximum atomic E-state index is 13.1. The number of hydrogen-bond donors (Lipinski definition) is 1. The maximum Gasteiger partial charge on any atom is 0.255 e. The second-order valence-corrected chi connectivity index (χ2v) is 17.6. The van der Waals surface area contributed by atoms with Crippen LogP contribution in [0.4, 0.5) is 11.9 Å². The maximum absolute atomic E-state index is 13.1. The first-order chi connectivity index (χ1) is 30.1. The van der Waals surface area contributed by atoms with Crippen LogP contribution in [0.25, 0.3) is 22.8 Å². The summed E-state index contributed by atoms with van der Waals surface area (Å²) in [5.41, 5.74) is 2.14. The van der Waals surface area contributed by atoms with Crippen LogP contribution in [0.15, 0.2) is 107 Å². The molecule has 0 radical (unpaired) electrons. The number of aromatic nitrogens is 8. The van der Waals surface area contributed by atoms with Gasteiger partial charge in [-0.05, 0) is 38.1 Å². The molecule has 6 heterocycles. The van der Waals surface area contributed by atoms with Gasteiger partial charge in [0, 0.05) is 79.3 Å². The first-order valence-electron chi connectivity index (χ1n) is 21.0. The Balaban J connectivity index is 0.000000189. The Kier molecular flexibility index (Phi) is 13.0. The molecule has 1 N–H and O–H groups in total. The number of ether oxygens (including phenoxy) is 3. The molecule has 4 aromatic heterocycles. The standard InChI is InChI=1S/C24H29N5O3.C23H27N5O3/c1-5-32-21(17-8-6-7-9-20(17)31-4)13-28-14-24(2,3)15-29-22(30)12-19(27-23(28)29)18-10-11-25-16-26-18;1-22(2)12-27(14-23(3,30)16-7-5-6-8-19(16)31-4)21-26-18(11-20(29)28(21)13-22)17-9-10-24-15-25-17/h6-12,16,21H,5,13-15H2,1-4H3;5-11,15,30H,12-14H2,1-4H3. The summed E-state index contributed by atoms with van der Waals surface area (Å²) in [4.78, 5) is 56.2. The molecule has 2 aliphatic rings. The molecule has 0 fully saturated rings. The van der Waals surface area contributed by atoms with Crippen molar-refractivity contribution in [3.05, 3.63) is 130 Å². The lowest BCUT2D eigenvalue weighted by atomic mass is 9.89. The van der Waals surface area contributed by atoms with E-state index in [1.807, 2.05) is 60.4 Å². The van der Waals surface area contributed by atoms with Crippen molar-refractivity contribution in [3.8, 4) is 34.3 Å². The number of benzene rings is 2. The number of anilines is 2. The lowest BCUT2D eigenvalue weighted by molar-refractivity contribution is 0.0573. The van der Waals surface area contributed by atoms with E-state index in [9.17, 15) is 14.7 Å². The van der Waals surface area contributed by atoms with Crippen LogP contribution in [0.5, 0.6) is 11.5 Å². The van der Waals surface area contributed by atoms with Crippen molar-refractivity contribution in [2.75, 3.05) is 56.8 Å². The average molecular weight is 857 g/mol. The number of rotatable bonds is 12. The van der Waals surface area contributed by atoms with Gasteiger partial charge >= 0.3 is 0 Å². The van der Waals surface area contributed by atoms with Gasteiger partial charge in [0.25, 0.3) is 11.1 Å². The summed E-state index contributed by atoms with van der Waals surface area (Å²) in [5, 5.41) is 11.4. The summed E-state index contributed by atoms with van der Waals surface area (Å²) in [6, 6.07) is 21.8. The molecule has 330 valence electrons. The van der Waals surface area contributed by atoms with Crippen LogP contribution in [-0.4, -0.2) is 91.2 Å². The van der Waals surface area contributed by atoms with Gasteiger partial charge < -0.3 is 29.1 Å². The summed E-state index contributed by atoms with van der Waals surface area (Å²) < 4.78 is 20.6. The lowest BCUT2D eigenvalue weighted by Crippen LogP contribution is -2.51. The number of methoxy groups -OCH3 is 2. The van der Waals surface area contributed by atoms with E-state index in [-0.39, 0.29) is 34.6 Å². The zero-order valence-corrected chi connectivity index (χ0v) is 37.2. The molecule has 0 aliphatic carbocycles. The van der Waals surface area contributed by atoms with Crippen LogP contribution < -0.4 is 30.4 Å². The summed E-state index contributed by atoms with van der Waals surface area (Å²) in [7, 11) is 3.25. The monoisotopic (exact) mass is 856 g/mol. The Morgan fingerprint density at radius 2 is 1.21 bits per heavy atom. The first-order valence-corrected chi connectivity index (χ1v) is 21.0. The molecule has 63 heavy (non-hydrogen) atoms. The van der Waals surface area contributed by atoms with Crippen LogP contribution in [0, 0.1) is 10.8 Å². The fourth-order valence-electron chi connectivity index (χ4n) is 8.44. The number of aliphatic hydroxyl groups is 1. The highest BCUT2D eigenvalue weighted by Gasteiger charge is 2.38. The van der Waals surface area contributed by atoms with Crippen molar-refractivity contribution in [1.29, 1.82) is 0 Å².